The molecule has 3 aromatic rings. The van der Waals surface area contributed by atoms with E-state index in [0.717, 1.165) is 23.6 Å². The molecule has 28 heavy (non-hydrogen) atoms. The Morgan fingerprint density at radius 1 is 1.18 bits per heavy atom. The number of aromatic nitrogens is 2. The number of amides is 1. The Morgan fingerprint density at radius 2 is 2.00 bits per heavy atom. The Bertz CT molecular complexity index is 1180. The number of sulfonamides is 1. The highest BCUT2D eigenvalue weighted by atomic mass is 32.2. The van der Waals surface area contributed by atoms with Gasteiger partial charge in [0.15, 0.2) is 5.13 Å². The van der Waals surface area contributed by atoms with Gasteiger partial charge >= 0.3 is 0 Å². The van der Waals surface area contributed by atoms with E-state index in [0.29, 0.717) is 29.2 Å². The van der Waals surface area contributed by atoms with E-state index in [1.165, 1.54) is 11.3 Å². The van der Waals surface area contributed by atoms with Crippen molar-refractivity contribution in [2.45, 2.75) is 36.5 Å². The molecule has 2 aromatic heterocycles. The zero-order valence-electron chi connectivity index (χ0n) is 14.9. The van der Waals surface area contributed by atoms with Crippen LogP contribution in [0.25, 0.3) is 10.8 Å². The third-order valence-electron chi connectivity index (χ3n) is 5.19. The number of thiazole rings is 1. The number of hydrogen-bond donors (Lipinski definition) is 2. The van der Waals surface area contributed by atoms with Crippen LogP contribution in [0.15, 0.2) is 42.0 Å². The standard InChI is InChI=1S/C19H18N4O3S2/c24-17(13-2-1-12-5-8-20-10-14(12)9-13)22-19(6-7-19)16-11-27-18(21-16)23-28(25,26)15-3-4-15/h1-2,5,8-11,15H,3-4,6-7H2,(H,21,23)(H,22,24). The second-order valence-electron chi connectivity index (χ2n) is 7.36. The molecule has 0 radical (unpaired) electrons. The highest BCUT2D eigenvalue weighted by Gasteiger charge is 2.48. The summed E-state index contributed by atoms with van der Waals surface area (Å²) in [7, 11) is -3.33. The van der Waals surface area contributed by atoms with Gasteiger partial charge in [-0.2, -0.15) is 0 Å². The summed E-state index contributed by atoms with van der Waals surface area (Å²) in [6.45, 7) is 0. The monoisotopic (exact) mass is 414 g/mol. The molecule has 7 nitrogen and oxygen atoms in total. The number of anilines is 1. The number of rotatable bonds is 6. The SMILES string of the molecule is O=C(NC1(c2csc(NS(=O)(=O)C3CC3)n2)CC1)c1ccc2ccncc2c1. The normalized spacial score (nSPS) is 18.0. The summed E-state index contributed by atoms with van der Waals surface area (Å²) in [4.78, 5) is 21.3. The molecule has 1 amide bonds. The number of carbonyl (C=O) groups is 1. The van der Waals surface area contributed by atoms with Crippen LogP contribution in [-0.4, -0.2) is 29.5 Å². The first kappa shape index (κ1) is 17.6. The van der Waals surface area contributed by atoms with Gasteiger partial charge in [-0.15, -0.1) is 11.3 Å². The molecule has 2 N–H and O–H groups in total. The van der Waals surface area contributed by atoms with Gasteiger partial charge in [-0.05, 0) is 49.3 Å². The molecule has 0 aliphatic heterocycles. The molecule has 9 heteroatoms. The first-order chi connectivity index (χ1) is 13.5. The van der Waals surface area contributed by atoms with Gasteiger partial charge in [0.2, 0.25) is 10.0 Å². The second-order valence-corrected chi connectivity index (χ2v) is 10.2. The molecule has 2 heterocycles. The van der Waals surface area contributed by atoms with Crippen LogP contribution in [0.5, 0.6) is 0 Å². The summed E-state index contributed by atoms with van der Waals surface area (Å²) >= 11 is 1.25. The van der Waals surface area contributed by atoms with E-state index in [2.05, 4.69) is 20.0 Å². The van der Waals surface area contributed by atoms with Gasteiger partial charge in [0.05, 0.1) is 16.5 Å². The minimum atomic E-state index is -3.33. The van der Waals surface area contributed by atoms with Gasteiger partial charge in [-0.1, -0.05) is 6.07 Å². The number of nitrogens with one attached hydrogen (secondary N) is 2. The van der Waals surface area contributed by atoms with Gasteiger partial charge in [-0.3, -0.25) is 14.5 Å². The molecular formula is C19H18N4O3S2. The minimum absolute atomic E-state index is 0.170. The molecule has 0 bridgehead atoms. The number of pyridine rings is 1. The zero-order valence-corrected chi connectivity index (χ0v) is 16.5. The number of hydrogen-bond acceptors (Lipinski definition) is 6. The first-order valence-corrected chi connectivity index (χ1v) is 11.5. The van der Waals surface area contributed by atoms with Crippen LogP contribution < -0.4 is 10.0 Å². The zero-order chi connectivity index (χ0) is 19.4. The van der Waals surface area contributed by atoms with E-state index in [4.69, 9.17) is 0 Å². The molecule has 2 fully saturated rings. The molecule has 5 rings (SSSR count). The van der Waals surface area contributed by atoms with Gasteiger partial charge in [0.25, 0.3) is 5.91 Å². The Morgan fingerprint density at radius 3 is 2.75 bits per heavy atom. The summed E-state index contributed by atoms with van der Waals surface area (Å²) in [5.74, 6) is -0.170. The highest BCUT2D eigenvalue weighted by Crippen LogP contribution is 2.46. The van der Waals surface area contributed by atoms with Gasteiger partial charge in [0, 0.05) is 28.7 Å². The van der Waals surface area contributed by atoms with Crippen molar-refractivity contribution in [3.05, 3.63) is 53.3 Å². The van der Waals surface area contributed by atoms with Crippen LogP contribution in [0, 0.1) is 0 Å². The maximum atomic E-state index is 12.8. The van der Waals surface area contributed by atoms with E-state index in [1.807, 2.05) is 23.6 Å². The average Bonchev–Trinajstić information content (AvgIpc) is 3.61. The molecule has 0 spiro atoms. The van der Waals surface area contributed by atoms with Crippen LogP contribution in [0.3, 0.4) is 0 Å². The number of nitrogens with zero attached hydrogens (tertiary/aromatic N) is 2. The Labute approximate surface area is 166 Å². The molecular weight excluding hydrogens is 396 g/mol. The molecule has 0 saturated heterocycles. The predicted molar refractivity (Wildman–Crippen MR) is 108 cm³/mol. The fraction of sp³-hybridized carbons (Fsp3) is 0.316. The molecule has 2 aliphatic rings. The fourth-order valence-corrected chi connectivity index (χ4v) is 5.62. The number of benzene rings is 1. The molecule has 2 aliphatic carbocycles. The topological polar surface area (TPSA) is 101 Å². The van der Waals surface area contributed by atoms with Crippen molar-refractivity contribution in [1.82, 2.24) is 15.3 Å². The molecule has 2 saturated carbocycles. The summed E-state index contributed by atoms with van der Waals surface area (Å²) in [5, 5.41) is 6.91. The van der Waals surface area contributed by atoms with Crippen molar-refractivity contribution in [2.75, 3.05) is 4.72 Å². The van der Waals surface area contributed by atoms with E-state index in [-0.39, 0.29) is 11.2 Å². The third-order valence-corrected chi connectivity index (χ3v) is 7.91. The van der Waals surface area contributed by atoms with E-state index >= 15 is 0 Å². The van der Waals surface area contributed by atoms with E-state index in [9.17, 15) is 13.2 Å². The summed E-state index contributed by atoms with van der Waals surface area (Å²) < 4.78 is 26.7. The summed E-state index contributed by atoms with van der Waals surface area (Å²) in [6, 6.07) is 7.42. The van der Waals surface area contributed by atoms with Crippen LogP contribution >= 0.6 is 11.3 Å². The lowest BCUT2D eigenvalue weighted by atomic mass is 10.1. The van der Waals surface area contributed by atoms with Gasteiger partial charge < -0.3 is 5.32 Å². The van der Waals surface area contributed by atoms with Gasteiger partial charge in [-0.25, -0.2) is 13.4 Å². The quantitative estimate of drug-likeness (QED) is 0.646. The van der Waals surface area contributed by atoms with E-state index in [1.54, 1.807) is 18.5 Å². The lowest BCUT2D eigenvalue weighted by Gasteiger charge is -2.15. The van der Waals surface area contributed by atoms with Crippen molar-refractivity contribution < 1.29 is 13.2 Å². The lowest BCUT2D eigenvalue weighted by Crippen LogP contribution is -2.35. The van der Waals surface area contributed by atoms with Gasteiger partial charge in [0.1, 0.15) is 0 Å². The lowest BCUT2D eigenvalue weighted by molar-refractivity contribution is 0.0930. The van der Waals surface area contributed by atoms with Crippen LogP contribution in [0.2, 0.25) is 0 Å². The number of carbonyl (C=O) groups excluding carboxylic acids is 1. The first-order valence-electron chi connectivity index (χ1n) is 9.09. The van der Waals surface area contributed by atoms with Crippen molar-refractivity contribution in [2.24, 2.45) is 0 Å². The summed E-state index contributed by atoms with van der Waals surface area (Å²) in [6.07, 6.45) is 6.43. The fourth-order valence-electron chi connectivity index (χ4n) is 3.21. The maximum Gasteiger partial charge on any atom is 0.252 e. The van der Waals surface area contributed by atoms with Crippen molar-refractivity contribution in [3.63, 3.8) is 0 Å². The van der Waals surface area contributed by atoms with Crippen molar-refractivity contribution >= 4 is 43.2 Å². The van der Waals surface area contributed by atoms with Crippen molar-refractivity contribution in [3.8, 4) is 0 Å². The third kappa shape index (κ3) is 3.24. The Hall–Kier alpha value is -2.52. The second kappa shape index (κ2) is 6.25. The Kier molecular flexibility index (Phi) is 3.92. The molecule has 0 atom stereocenters. The predicted octanol–water partition coefficient (Wildman–Crippen LogP) is 3.01. The smallest absolute Gasteiger partial charge is 0.252 e. The van der Waals surface area contributed by atoms with Crippen molar-refractivity contribution in [1.29, 1.82) is 0 Å². The minimum Gasteiger partial charge on any atom is -0.341 e. The average molecular weight is 415 g/mol. The molecule has 1 aromatic carbocycles. The highest BCUT2D eigenvalue weighted by molar-refractivity contribution is 7.93. The maximum absolute atomic E-state index is 12.8. The van der Waals surface area contributed by atoms with E-state index < -0.39 is 15.6 Å². The van der Waals surface area contributed by atoms with Crippen LogP contribution in [0.4, 0.5) is 5.13 Å². The largest absolute Gasteiger partial charge is 0.341 e. The van der Waals surface area contributed by atoms with Crippen LogP contribution in [0.1, 0.15) is 41.7 Å². The van der Waals surface area contributed by atoms with Crippen LogP contribution in [-0.2, 0) is 15.6 Å². The summed E-state index contributed by atoms with van der Waals surface area (Å²) in [5.41, 5.74) is 0.763. The number of fused-ring (bicyclic) bond motifs is 1. The molecule has 144 valence electrons. The Balaban J connectivity index is 1.34. The molecule has 0 unspecified atom stereocenters.